The van der Waals surface area contributed by atoms with E-state index in [4.69, 9.17) is 9.97 Å². The Morgan fingerprint density at radius 3 is 2.71 bits per heavy atom. The molecule has 7 heteroatoms. The summed E-state index contributed by atoms with van der Waals surface area (Å²) in [5.74, 6) is 1.42. The SMILES string of the molecule is CCc1nc2ccc(C3CCNCC3)cn2c1NCc1nc(-c2ccc(F)cc2)cs1. The highest BCUT2D eigenvalue weighted by molar-refractivity contribution is 7.09. The number of aryl methyl sites for hydroxylation is 1. The fraction of sp³-hybridized carbons (Fsp3) is 0.333. The Balaban J connectivity index is 1.38. The van der Waals surface area contributed by atoms with E-state index in [2.05, 4.69) is 40.3 Å². The zero-order valence-electron chi connectivity index (χ0n) is 17.6. The number of fused-ring (bicyclic) bond motifs is 1. The minimum atomic E-state index is -0.232. The minimum absolute atomic E-state index is 0.232. The molecule has 5 nitrogen and oxygen atoms in total. The topological polar surface area (TPSA) is 54.2 Å². The molecule has 0 bridgehead atoms. The second-order valence-electron chi connectivity index (χ2n) is 7.96. The van der Waals surface area contributed by atoms with Gasteiger partial charge in [0.15, 0.2) is 0 Å². The van der Waals surface area contributed by atoms with Gasteiger partial charge in [-0.3, -0.25) is 4.40 Å². The van der Waals surface area contributed by atoms with Crippen LogP contribution in [0.3, 0.4) is 0 Å². The van der Waals surface area contributed by atoms with Crippen LogP contribution < -0.4 is 10.6 Å². The van der Waals surface area contributed by atoms with Gasteiger partial charge in [0, 0.05) is 17.1 Å². The standard InChI is InChI=1S/C24H26FN5S/c1-2-20-24(27-13-23-29-21(15-31-23)17-3-6-19(25)7-4-17)30-14-18(5-8-22(30)28-20)16-9-11-26-12-10-16/h3-8,14-16,26-27H,2,9-13H2,1H3. The first-order chi connectivity index (χ1) is 15.2. The van der Waals surface area contributed by atoms with Crippen LogP contribution in [-0.2, 0) is 13.0 Å². The van der Waals surface area contributed by atoms with Gasteiger partial charge in [-0.15, -0.1) is 11.3 Å². The molecule has 2 N–H and O–H groups in total. The normalized spacial score (nSPS) is 14.9. The molecule has 3 aromatic heterocycles. The summed E-state index contributed by atoms with van der Waals surface area (Å²) >= 11 is 1.61. The summed E-state index contributed by atoms with van der Waals surface area (Å²) < 4.78 is 15.4. The van der Waals surface area contributed by atoms with E-state index in [1.54, 1.807) is 23.5 Å². The Kier molecular flexibility index (Phi) is 5.70. The third-order valence-corrected chi connectivity index (χ3v) is 6.81. The molecule has 4 heterocycles. The maximum Gasteiger partial charge on any atom is 0.138 e. The van der Waals surface area contributed by atoms with Gasteiger partial charge in [-0.25, -0.2) is 14.4 Å². The van der Waals surface area contributed by atoms with Crippen molar-refractivity contribution in [3.8, 4) is 11.3 Å². The van der Waals surface area contributed by atoms with Crippen molar-refractivity contribution in [3.63, 3.8) is 0 Å². The van der Waals surface area contributed by atoms with Gasteiger partial charge in [-0.1, -0.05) is 13.0 Å². The number of benzene rings is 1. The average Bonchev–Trinajstić information content (AvgIpc) is 3.42. The molecule has 4 aromatic rings. The van der Waals surface area contributed by atoms with Gasteiger partial charge < -0.3 is 10.6 Å². The molecule has 0 saturated carbocycles. The van der Waals surface area contributed by atoms with E-state index in [-0.39, 0.29) is 5.82 Å². The number of nitrogens with zero attached hydrogens (tertiary/aromatic N) is 3. The number of piperidine rings is 1. The molecule has 0 atom stereocenters. The monoisotopic (exact) mass is 435 g/mol. The maximum atomic E-state index is 13.2. The lowest BCUT2D eigenvalue weighted by Crippen LogP contribution is -2.26. The van der Waals surface area contributed by atoms with Gasteiger partial charge in [-0.05, 0) is 74.2 Å². The predicted molar refractivity (Wildman–Crippen MR) is 124 cm³/mol. The van der Waals surface area contributed by atoms with Gasteiger partial charge in [0.2, 0.25) is 0 Å². The number of pyridine rings is 1. The van der Waals surface area contributed by atoms with Crippen molar-refractivity contribution in [2.75, 3.05) is 18.4 Å². The first kappa shape index (κ1) is 20.2. The summed E-state index contributed by atoms with van der Waals surface area (Å²) in [6.45, 7) is 4.93. The van der Waals surface area contributed by atoms with Crippen molar-refractivity contribution >= 4 is 22.8 Å². The Morgan fingerprint density at radius 2 is 1.94 bits per heavy atom. The third-order valence-electron chi connectivity index (χ3n) is 5.96. The number of thiazole rings is 1. The molecule has 0 unspecified atom stereocenters. The number of rotatable bonds is 6. The van der Waals surface area contributed by atoms with Gasteiger partial charge in [0.05, 0.1) is 17.9 Å². The number of aromatic nitrogens is 3. The van der Waals surface area contributed by atoms with Crippen LogP contribution >= 0.6 is 11.3 Å². The Hall–Kier alpha value is -2.77. The van der Waals surface area contributed by atoms with Crippen molar-refractivity contribution in [2.24, 2.45) is 0 Å². The van der Waals surface area contributed by atoms with Crippen LogP contribution in [0.15, 0.2) is 48.0 Å². The fourth-order valence-electron chi connectivity index (χ4n) is 4.24. The molecule has 0 radical (unpaired) electrons. The molecular weight excluding hydrogens is 409 g/mol. The summed E-state index contributed by atoms with van der Waals surface area (Å²) in [5, 5.41) is 10.0. The van der Waals surface area contributed by atoms with Gasteiger partial charge >= 0.3 is 0 Å². The predicted octanol–water partition coefficient (Wildman–Crippen LogP) is 5.24. The molecule has 1 aromatic carbocycles. The summed E-state index contributed by atoms with van der Waals surface area (Å²) in [6, 6.07) is 10.8. The quantitative estimate of drug-likeness (QED) is 0.435. The van der Waals surface area contributed by atoms with Crippen molar-refractivity contribution in [1.29, 1.82) is 0 Å². The second-order valence-corrected chi connectivity index (χ2v) is 8.91. The van der Waals surface area contributed by atoms with Crippen LogP contribution in [-0.4, -0.2) is 27.5 Å². The Morgan fingerprint density at radius 1 is 1.13 bits per heavy atom. The fourth-order valence-corrected chi connectivity index (χ4v) is 4.99. The maximum absolute atomic E-state index is 13.2. The van der Waals surface area contributed by atoms with Crippen LogP contribution in [0.4, 0.5) is 10.2 Å². The van der Waals surface area contributed by atoms with Gasteiger partial charge in [0.25, 0.3) is 0 Å². The van der Waals surface area contributed by atoms with Crippen LogP contribution in [0.1, 0.15) is 41.9 Å². The highest BCUT2D eigenvalue weighted by atomic mass is 32.1. The van der Waals surface area contributed by atoms with E-state index < -0.39 is 0 Å². The largest absolute Gasteiger partial charge is 0.363 e. The zero-order chi connectivity index (χ0) is 21.2. The summed E-state index contributed by atoms with van der Waals surface area (Å²) in [6.07, 6.45) is 5.47. The van der Waals surface area contributed by atoms with Crippen LogP contribution in [0.5, 0.6) is 0 Å². The lowest BCUT2D eigenvalue weighted by molar-refractivity contribution is 0.459. The lowest BCUT2D eigenvalue weighted by atomic mass is 9.91. The molecule has 160 valence electrons. The van der Waals surface area contributed by atoms with Crippen molar-refractivity contribution in [3.05, 3.63) is 70.1 Å². The van der Waals surface area contributed by atoms with E-state index >= 15 is 0 Å². The first-order valence-corrected chi connectivity index (χ1v) is 11.7. The van der Waals surface area contributed by atoms with Crippen LogP contribution in [0.25, 0.3) is 16.9 Å². The number of nitrogens with one attached hydrogen (secondary N) is 2. The number of halogens is 1. The zero-order valence-corrected chi connectivity index (χ0v) is 18.4. The van der Waals surface area contributed by atoms with Crippen LogP contribution in [0, 0.1) is 5.82 Å². The van der Waals surface area contributed by atoms with E-state index in [0.29, 0.717) is 12.5 Å². The Labute approximate surface area is 185 Å². The molecule has 0 aliphatic carbocycles. The third kappa shape index (κ3) is 4.20. The first-order valence-electron chi connectivity index (χ1n) is 10.9. The number of hydrogen-bond acceptors (Lipinski definition) is 5. The summed E-state index contributed by atoms with van der Waals surface area (Å²) in [7, 11) is 0. The highest BCUT2D eigenvalue weighted by Gasteiger charge is 2.18. The molecular formula is C24H26FN5S. The summed E-state index contributed by atoms with van der Waals surface area (Å²) in [4.78, 5) is 9.56. The van der Waals surface area contributed by atoms with Gasteiger partial charge in [0.1, 0.15) is 22.3 Å². The highest BCUT2D eigenvalue weighted by Crippen LogP contribution is 2.28. The second kappa shape index (κ2) is 8.77. The molecule has 31 heavy (non-hydrogen) atoms. The van der Waals surface area contributed by atoms with E-state index in [1.165, 1.54) is 30.5 Å². The number of anilines is 1. The molecule has 1 aliphatic heterocycles. The van der Waals surface area contributed by atoms with Crippen molar-refractivity contribution in [2.45, 2.75) is 38.6 Å². The van der Waals surface area contributed by atoms with Crippen molar-refractivity contribution < 1.29 is 4.39 Å². The molecule has 1 saturated heterocycles. The summed E-state index contributed by atoms with van der Waals surface area (Å²) in [5.41, 5.74) is 5.23. The number of hydrogen-bond donors (Lipinski definition) is 2. The van der Waals surface area contributed by atoms with Crippen molar-refractivity contribution in [1.82, 2.24) is 19.7 Å². The molecule has 1 fully saturated rings. The van der Waals surface area contributed by atoms with E-state index in [0.717, 1.165) is 52.9 Å². The molecule has 5 rings (SSSR count). The number of imidazole rings is 1. The Bertz CT molecular complexity index is 1170. The average molecular weight is 436 g/mol. The van der Waals surface area contributed by atoms with Gasteiger partial charge in [-0.2, -0.15) is 0 Å². The minimum Gasteiger partial charge on any atom is -0.363 e. The molecule has 1 aliphatic rings. The van der Waals surface area contributed by atoms with Crippen LogP contribution in [0.2, 0.25) is 0 Å². The molecule has 0 spiro atoms. The molecule has 0 amide bonds. The lowest BCUT2D eigenvalue weighted by Gasteiger charge is -2.23. The smallest absolute Gasteiger partial charge is 0.138 e. The van der Waals surface area contributed by atoms with E-state index in [1.807, 2.05) is 5.38 Å². The van der Waals surface area contributed by atoms with E-state index in [9.17, 15) is 4.39 Å².